The van der Waals surface area contributed by atoms with Gasteiger partial charge in [-0.15, -0.1) is 0 Å². The minimum Gasteiger partial charge on any atom is -0.383 e. The molecule has 0 fully saturated rings. The molecule has 0 aliphatic rings. The maximum absolute atomic E-state index is 13.4. The first kappa shape index (κ1) is 17.8. The van der Waals surface area contributed by atoms with Crippen LogP contribution in [-0.4, -0.2) is 41.8 Å². The van der Waals surface area contributed by atoms with Crippen molar-refractivity contribution in [2.45, 2.75) is 4.90 Å². The second-order valence-corrected chi connectivity index (χ2v) is 5.64. The highest BCUT2D eigenvalue weighted by molar-refractivity contribution is 7.89. The van der Waals surface area contributed by atoms with E-state index < -0.39 is 38.2 Å². The molecule has 0 radical (unpaired) electrons. The van der Waals surface area contributed by atoms with Crippen molar-refractivity contribution in [2.75, 3.05) is 33.4 Å². The molecule has 0 spiro atoms. The molecular formula is C11H14F4N2O3S. The van der Waals surface area contributed by atoms with Crippen molar-refractivity contribution in [2.24, 2.45) is 0 Å². The molecule has 0 aromatic heterocycles. The van der Waals surface area contributed by atoms with Crippen molar-refractivity contribution >= 4 is 10.0 Å². The highest BCUT2D eigenvalue weighted by Gasteiger charge is 2.29. The molecule has 1 aromatic carbocycles. The lowest BCUT2D eigenvalue weighted by molar-refractivity contribution is 0.199. The van der Waals surface area contributed by atoms with Crippen molar-refractivity contribution in [3.8, 4) is 0 Å². The van der Waals surface area contributed by atoms with E-state index in [1.165, 1.54) is 7.11 Å². The molecule has 0 saturated carbocycles. The van der Waals surface area contributed by atoms with E-state index in [0.717, 1.165) is 0 Å². The fourth-order valence-corrected chi connectivity index (χ4v) is 2.61. The van der Waals surface area contributed by atoms with Crippen LogP contribution >= 0.6 is 0 Å². The maximum atomic E-state index is 13.4. The van der Waals surface area contributed by atoms with Crippen LogP contribution in [-0.2, 0) is 14.8 Å². The average molecular weight is 330 g/mol. The topological polar surface area (TPSA) is 67.4 Å². The van der Waals surface area contributed by atoms with Crippen LogP contribution in [0.15, 0.2) is 11.0 Å². The number of ether oxygens (including phenoxy) is 1. The van der Waals surface area contributed by atoms with Crippen LogP contribution in [0.4, 0.5) is 17.6 Å². The van der Waals surface area contributed by atoms with Crippen LogP contribution in [0, 0.1) is 23.3 Å². The van der Waals surface area contributed by atoms with E-state index in [1.807, 2.05) is 4.72 Å². The highest BCUT2D eigenvalue weighted by Crippen LogP contribution is 2.23. The van der Waals surface area contributed by atoms with Crippen LogP contribution < -0.4 is 10.0 Å². The molecule has 0 atom stereocenters. The van der Waals surface area contributed by atoms with E-state index in [-0.39, 0.29) is 19.2 Å². The monoisotopic (exact) mass is 330 g/mol. The van der Waals surface area contributed by atoms with Crippen LogP contribution in [0.1, 0.15) is 0 Å². The predicted octanol–water partition coefficient (Wildman–Crippen LogP) is 0.757. The van der Waals surface area contributed by atoms with Gasteiger partial charge in [-0.25, -0.2) is 30.7 Å². The van der Waals surface area contributed by atoms with Crippen molar-refractivity contribution in [1.82, 2.24) is 10.0 Å². The molecule has 0 aliphatic heterocycles. The smallest absolute Gasteiger partial charge is 0.246 e. The Morgan fingerprint density at radius 1 is 1.05 bits per heavy atom. The van der Waals surface area contributed by atoms with Gasteiger partial charge in [0.15, 0.2) is 28.2 Å². The Balaban J connectivity index is 2.80. The molecule has 1 rings (SSSR count). The van der Waals surface area contributed by atoms with Gasteiger partial charge in [0.05, 0.1) is 6.61 Å². The summed E-state index contributed by atoms with van der Waals surface area (Å²) < 4.78 is 82.7. The summed E-state index contributed by atoms with van der Waals surface area (Å²) in [5.41, 5.74) is 0. The van der Waals surface area contributed by atoms with Crippen LogP contribution in [0.25, 0.3) is 0 Å². The van der Waals surface area contributed by atoms with Crippen LogP contribution in [0.3, 0.4) is 0 Å². The molecule has 1 aromatic rings. The molecule has 0 heterocycles. The first-order valence-electron chi connectivity index (χ1n) is 5.83. The third kappa shape index (κ3) is 4.63. The molecule has 0 aliphatic carbocycles. The predicted molar refractivity (Wildman–Crippen MR) is 66.2 cm³/mol. The zero-order chi connectivity index (χ0) is 16.0. The number of methoxy groups -OCH3 is 1. The summed E-state index contributed by atoms with van der Waals surface area (Å²) in [7, 11) is -3.23. The minimum atomic E-state index is -4.71. The van der Waals surface area contributed by atoms with Crippen molar-refractivity contribution in [3.63, 3.8) is 0 Å². The van der Waals surface area contributed by atoms with E-state index in [0.29, 0.717) is 13.2 Å². The lowest BCUT2D eigenvalue weighted by Gasteiger charge is -2.10. The standard InChI is InChI=1S/C11H14F4N2O3S/c1-20-5-4-16-2-3-17-21(18,19)11-9(14)7(12)6-8(13)10(11)15/h6,16-17H,2-5H2,1H3. The number of hydrogen-bond acceptors (Lipinski definition) is 4. The summed E-state index contributed by atoms with van der Waals surface area (Å²) in [6, 6.07) is -0.0595. The SMILES string of the molecule is COCCNCCNS(=O)(=O)c1c(F)c(F)cc(F)c1F. The number of sulfonamides is 1. The fraction of sp³-hybridized carbons (Fsp3) is 0.455. The van der Waals surface area contributed by atoms with Gasteiger partial charge in [0.25, 0.3) is 0 Å². The Bertz CT molecular complexity index is 569. The molecule has 120 valence electrons. The molecule has 21 heavy (non-hydrogen) atoms. The number of rotatable bonds is 8. The van der Waals surface area contributed by atoms with Gasteiger partial charge in [-0.1, -0.05) is 0 Å². The normalized spacial score (nSPS) is 11.9. The Morgan fingerprint density at radius 2 is 1.62 bits per heavy atom. The van der Waals surface area contributed by atoms with E-state index in [1.54, 1.807) is 0 Å². The first-order chi connectivity index (χ1) is 9.81. The largest absolute Gasteiger partial charge is 0.383 e. The zero-order valence-corrected chi connectivity index (χ0v) is 11.9. The van der Waals surface area contributed by atoms with Gasteiger partial charge in [0.2, 0.25) is 10.0 Å². The molecule has 5 nitrogen and oxygen atoms in total. The number of halogens is 4. The van der Waals surface area contributed by atoms with Gasteiger partial charge in [-0.2, -0.15) is 0 Å². The van der Waals surface area contributed by atoms with Crippen molar-refractivity contribution in [3.05, 3.63) is 29.3 Å². The highest BCUT2D eigenvalue weighted by atomic mass is 32.2. The summed E-state index contributed by atoms with van der Waals surface area (Å²) in [6.45, 7) is 0.757. The van der Waals surface area contributed by atoms with Crippen LogP contribution in [0.2, 0.25) is 0 Å². The van der Waals surface area contributed by atoms with Gasteiger partial charge in [0, 0.05) is 32.8 Å². The Hall–Kier alpha value is -1.23. The van der Waals surface area contributed by atoms with Crippen LogP contribution in [0.5, 0.6) is 0 Å². The fourth-order valence-electron chi connectivity index (χ4n) is 1.43. The third-order valence-corrected chi connectivity index (χ3v) is 3.90. The van der Waals surface area contributed by atoms with E-state index >= 15 is 0 Å². The molecule has 0 saturated heterocycles. The zero-order valence-electron chi connectivity index (χ0n) is 11.1. The summed E-state index contributed by atoms with van der Waals surface area (Å²) >= 11 is 0. The number of benzene rings is 1. The lowest BCUT2D eigenvalue weighted by Crippen LogP contribution is -2.34. The average Bonchev–Trinajstić information content (AvgIpc) is 2.40. The van der Waals surface area contributed by atoms with E-state index in [9.17, 15) is 26.0 Å². The van der Waals surface area contributed by atoms with Gasteiger partial charge < -0.3 is 10.1 Å². The molecule has 10 heteroatoms. The minimum absolute atomic E-state index is 0.0595. The Labute approximate surface area is 119 Å². The number of hydrogen-bond donors (Lipinski definition) is 2. The summed E-state index contributed by atoms with van der Waals surface area (Å²) in [5, 5.41) is 2.77. The summed E-state index contributed by atoms with van der Waals surface area (Å²) in [4.78, 5) is -1.67. The van der Waals surface area contributed by atoms with Gasteiger partial charge in [-0.3, -0.25) is 0 Å². The third-order valence-electron chi connectivity index (χ3n) is 2.42. The van der Waals surface area contributed by atoms with Gasteiger partial charge in [-0.05, 0) is 0 Å². The van der Waals surface area contributed by atoms with Gasteiger partial charge in [0.1, 0.15) is 0 Å². The molecule has 0 amide bonds. The van der Waals surface area contributed by atoms with Crippen molar-refractivity contribution < 1.29 is 30.7 Å². The lowest BCUT2D eigenvalue weighted by atomic mass is 10.3. The van der Waals surface area contributed by atoms with E-state index in [4.69, 9.17) is 4.74 Å². The molecule has 0 unspecified atom stereocenters. The second-order valence-electron chi connectivity index (χ2n) is 3.94. The summed E-state index contributed by atoms with van der Waals surface area (Å²) in [6.07, 6.45) is 0. The molecule has 0 bridgehead atoms. The Morgan fingerprint density at radius 3 is 2.14 bits per heavy atom. The first-order valence-corrected chi connectivity index (χ1v) is 7.32. The Kier molecular flexibility index (Phi) is 6.52. The maximum Gasteiger partial charge on any atom is 0.246 e. The van der Waals surface area contributed by atoms with Crippen molar-refractivity contribution in [1.29, 1.82) is 0 Å². The van der Waals surface area contributed by atoms with E-state index in [2.05, 4.69) is 5.32 Å². The molecule has 2 N–H and O–H groups in total. The number of nitrogens with one attached hydrogen (secondary N) is 2. The second kappa shape index (κ2) is 7.69. The van der Waals surface area contributed by atoms with Gasteiger partial charge >= 0.3 is 0 Å². The molecular weight excluding hydrogens is 316 g/mol. The summed E-state index contributed by atoms with van der Waals surface area (Å²) in [5.74, 6) is -7.50. The quantitative estimate of drug-likeness (QED) is 0.419.